The van der Waals surface area contributed by atoms with Gasteiger partial charge in [-0.05, 0) is 24.6 Å². The lowest BCUT2D eigenvalue weighted by molar-refractivity contribution is -0.146. The second-order valence-corrected chi connectivity index (χ2v) is 4.32. The molecule has 1 aromatic rings. The van der Waals surface area contributed by atoms with Crippen molar-refractivity contribution in [3.05, 3.63) is 29.8 Å². The first-order valence-corrected chi connectivity index (χ1v) is 5.88. The molecule has 4 N–H and O–H groups in total. The minimum Gasteiger partial charge on any atom is -0.468 e. The van der Waals surface area contributed by atoms with E-state index in [2.05, 4.69) is 4.74 Å². The molecule has 0 aliphatic carbocycles. The quantitative estimate of drug-likeness (QED) is 0.562. The third-order valence-corrected chi connectivity index (χ3v) is 2.79. The number of carbonyl (C=O) groups is 2. The van der Waals surface area contributed by atoms with Gasteiger partial charge in [0.05, 0.1) is 13.7 Å². The van der Waals surface area contributed by atoms with Gasteiger partial charge < -0.3 is 16.2 Å². The Bertz CT molecular complexity index is 462. The van der Waals surface area contributed by atoms with Crippen molar-refractivity contribution in [3.8, 4) is 0 Å². The van der Waals surface area contributed by atoms with Crippen LogP contribution in [0.25, 0.3) is 0 Å². The zero-order valence-corrected chi connectivity index (χ0v) is 11.1. The normalized spacial score (nSPS) is 12.2. The van der Waals surface area contributed by atoms with Crippen molar-refractivity contribution in [1.29, 1.82) is 0 Å². The third kappa shape index (κ3) is 4.59. The van der Waals surface area contributed by atoms with Crippen molar-refractivity contribution < 1.29 is 14.3 Å². The average molecular weight is 265 g/mol. The summed E-state index contributed by atoms with van der Waals surface area (Å²) < 4.78 is 4.68. The van der Waals surface area contributed by atoms with E-state index in [4.69, 9.17) is 11.5 Å². The lowest BCUT2D eigenvalue weighted by atomic mass is 10.1. The highest BCUT2D eigenvalue weighted by atomic mass is 16.5. The van der Waals surface area contributed by atoms with Gasteiger partial charge in [0.1, 0.15) is 6.04 Å². The molecule has 1 rings (SSSR count). The molecule has 0 fully saturated rings. The van der Waals surface area contributed by atoms with Crippen LogP contribution in [-0.4, -0.2) is 36.5 Å². The Kier molecular flexibility index (Phi) is 5.32. The Balaban J connectivity index is 2.85. The lowest BCUT2D eigenvalue weighted by Gasteiger charge is -2.26. The molecule has 0 aliphatic rings. The zero-order chi connectivity index (χ0) is 14.4. The molecule has 1 aromatic carbocycles. The van der Waals surface area contributed by atoms with E-state index in [0.29, 0.717) is 12.2 Å². The Morgan fingerprint density at radius 2 is 2.11 bits per heavy atom. The summed E-state index contributed by atoms with van der Waals surface area (Å²) >= 11 is 0. The number of nitrogen functional groups attached to an aromatic ring is 1. The summed E-state index contributed by atoms with van der Waals surface area (Å²) in [7, 11) is 1.31. The molecule has 6 heteroatoms. The monoisotopic (exact) mass is 265 g/mol. The molecule has 0 spiro atoms. The van der Waals surface area contributed by atoms with Crippen LogP contribution in [-0.2, 0) is 20.9 Å². The molecule has 0 bridgehead atoms. The molecule has 104 valence electrons. The average Bonchev–Trinajstić information content (AvgIpc) is 2.35. The van der Waals surface area contributed by atoms with E-state index in [-0.39, 0.29) is 6.54 Å². The van der Waals surface area contributed by atoms with Crippen LogP contribution < -0.4 is 11.5 Å². The minimum atomic E-state index is -0.557. The number of nitrogens with zero attached hydrogens (tertiary/aromatic N) is 1. The maximum absolute atomic E-state index is 11.6. The highest BCUT2D eigenvalue weighted by Gasteiger charge is 2.23. The number of primary amides is 1. The Morgan fingerprint density at radius 1 is 1.42 bits per heavy atom. The van der Waals surface area contributed by atoms with E-state index in [1.807, 2.05) is 12.1 Å². The first-order valence-electron chi connectivity index (χ1n) is 5.88. The SMILES string of the molecule is COC(=O)C(C)N(CC(N)=O)Cc1cccc(N)c1. The topological polar surface area (TPSA) is 98.6 Å². The van der Waals surface area contributed by atoms with Crippen molar-refractivity contribution in [2.45, 2.75) is 19.5 Å². The maximum atomic E-state index is 11.6. The molecule has 1 unspecified atom stereocenters. The molecular weight excluding hydrogens is 246 g/mol. The molecule has 0 aliphatic heterocycles. The molecule has 1 amide bonds. The van der Waals surface area contributed by atoms with E-state index in [0.717, 1.165) is 5.56 Å². The molecule has 0 heterocycles. The Labute approximate surface area is 112 Å². The van der Waals surface area contributed by atoms with Gasteiger partial charge in [-0.15, -0.1) is 0 Å². The van der Waals surface area contributed by atoms with Crippen LogP contribution in [0.1, 0.15) is 12.5 Å². The summed E-state index contributed by atoms with van der Waals surface area (Å²) in [6.45, 7) is 2.04. The van der Waals surface area contributed by atoms with Crippen molar-refractivity contribution in [1.82, 2.24) is 4.90 Å². The number of hydrogen-bond acceptors (Lipinski definition) is 5. The predicted molar refractivity (Wildman–Crippen MR) is 71.9 cm³/mol. The smallest absolute Gasteiger partial charge is 0.322 e. The van der Waals surface area contributed by atoms with Gasteiger partial charge in [-0.3, -0.25) is 14.5 Å². The highest BCUT2D eigenvalue weighted by molar-refractivity contribution is 5.79. The fourth-order valence-corrected chi connectivity index (χ4v) is 1.78. The van der Waals surface area contributed by atoms with Gasteiger partial charge in [-0.25, -0.2) is 0 Å². The number of amides is 1. The van der Waals surface area contributed by atoms with Crippen molar-refractivity contribution in [2.24, 2.45) is 5.73 Å². The van der Waals surface area contributed by atoms with Crippen LogP contribution in [0.2, 0.25) is 0 Å². The van der Waals surface area contributed by atoms with Crippen molar-refractivity contribution >= 4 is 17.6 Å². The van der Waals surface area contributed by atoms with E-state index in [1.165, 1.54) is 7.11 Å². The zero-order valence-electron chi connectivity index (χ0n) is 11.1. The third-order valence-electron chi connectivity index (χ3n) is 2.79. The first kappa shape index (κ1) is 15.0. The Morgan fingerprint density at radius 3 is 2.63 bits per heavy atom. The van der Waals surface area contributed by atoms with Gasteiger partial charge in [0, 0.05) is 12.2 Å². The van der Waals surface area contributed by atoms with Crippen LogP contribution in [0.4, 0.5) is 5.69 Å². The van der Waals surface area contributed by atoms with Crippen LogP contribution >= 0.6 is 0 Å². The van der Waals surface area contributed by atoms with Gasteiger partial charge >= 0.3 is 5.97 Å². The number of esters is 1. The van der Waals surface area contributed by atoms with Crippen molar-refractivity contribution in [3.63, 3.8) is 0 Å². The fraction of sp³-hybridized carbons (Fsp3) is 0.385. The number of benzene rings is 1. The van der Waals surface area contributed by atoms with Crippen LogP contribution in [0.3, 0.4) is 0 Å². The standard InChI is InChI=1S/C13H19N3O3/c1-9(13(18)19-2)16(8-12(15)17)7-10-4-3-5-11(14)6-10/h3-6,9H,7-8,14H2,1-2H3,(H2,15,17). The maximum Gasteiger partial charge on any atom is 0.322 e. The molecule has 19 heavy (non-hydrogen) atoms. The molecule has 1 atom stereocenters. The van der Waals surface area contributed by atoms with Crippen molar-refractivity contribution in [2.75, 3.05) is 19.4 Å². The van der Waals surface area contributed by atoms with Gasteiger partial charge in [-0.1, -0.05) is 12.1 Å². The molecule has 6 nitrogen and oxygen atoms in total. The van der Waals surface area contributed by atoms with Crippen LogP contribution in [0, 0.1) is 0 Å². The molecule has 0 radical (unpaired) electrons. The van der Waals surface area contributed by atoms with E-state index in [1.54, 1.807) is 24.0 Å². The van der Waals surface area contributed by atoms with Crippen LogP contribution in [0.15, 0.2) is 24.3 Å². The van der Waals surface area contributed by atoms with E-state index >= 15 is 0 Å². The van der Waals surface area contributed by atoms with E-state index in [9.17, 15) is 9.59 Å². The minimum absolute atomic E-state index is 0.0228. The van der Waals surface area contributed by atoms with Gasteiger partial charge in [0.2, 0.25) is 5.91 Å². The first-order chi connectivity index (χ1) is 8.93. The number of carbonyl (C=O) groups excluding carboxylic acids is 2. The number of nitrogens with two attached hydrogens (primary N) is 2. The number of ether oxygens (including phenoxy) is 1. The molecular formula is C13H19N3O3. The molecule has 0 saturated heterocycles. The van der Waals surface area contributed by atoms with Gasteiger partial charge in [0.25, 0.3) is 0 Å². The van der Waals surface area contributed by atoms with Gasteiger partial charge in [-0.2, -0.15) is 0 Å². The number of anilines is 1. The Hall–Kier alpha value is -2.08. The summed E-state index contributed by atoms with van der Waals surface area (Å²) in [4.78, 5) is 24.3. The largest absolute Gasteiger partial charge is 0.468 e. The number of methoxy groups -OCH3 is 1. The van der Waals surface area contributed by atoms with Gasteiger partial charge in [0.15, 0.2) is 0 Å². The number of rotatable bonds is 6. The lowest BCUT2D eigenvalue weighted by Crippen LogP contribution is -2.43. The fourth-order valence-electron chi connectivity index (χ4n) is 1.78. The molecule has 0 aromatic heterocycles. The summed E-state index contributed by atoms with van der Waals surface area (Å²) in [6.07, 6.45) is 0. The van der Waals surface area contributed by atoms with Crippen LogP contribution in [0.5, 0.6) is 0 Å². The summed E-state index contributed by atoms with van der Waals surface area (Å²) in [5.41, 5.74) is 12.4. The van der Waals surface area contributed by atoms with E-state index < -0.39 is 17.9 Å². The highest BCUT2D eigenvalue weighted by Crippen LogP contribution is 2.12. The second-order valence-electron chi connectivity index (χ2n) is 4.32. The number of hydrogen-bond donors (Lipinski definition) is 2. The summed E-state index contributed by atoms with van der Waals surface area (Å²) in [5, 5.41) is 0. The molecule has 0 saturated carbocycles. The second kappa shape index (κ2) is 6.75. The summed E-state index contributed by atoms with van der Waals surface area (Å²) in [6, 6.07) is 6.69. The summed E-state index contributed by atoms with van der Waals surface area (Å²) in [5.74, 6) is -0.912. The predicted octanol–water partition coefficient (Wildman–Crippen LogP) is 0.118.